The first-order valence-electron chi connectivity index (χ1n) is 4.15. The van der Waals surface area contributed by atoms with Crippen molar-refractivity contribution in [2.75, 3.05) is 0 Å². The molecule has 0 unspecified atom stereocenters. The highest BCUT2D eigenvalue weighted by molar-refractivity contribution is 5.88. The van der Waals surface area contributed by atoms with Gasteiger partial charge in [0.2, 0.25) is 0 Å². The lowest BCUT2D eigenvalue weighted by atomic mass is 10.0. The second-order valence-corrected chi connectivity index (χ2v) is 3.05. The van der Waals surface area contributed by atoms with Gasteiger partial charge in [0.05, 0.1) is 12.4 Å². The average Bonchev–Trinajstić information content (AvgIpc) is 2.14. The molecule has 0 spiro atoms. The van der Waals surface area contributed by atoms with Crippen LogP contribution in [-0.4, -0.2) is 22.8 Å². The highest BCUT2D eigenvalue weighted by Gasteiger charge is 2.01. The summed E-state index contributed by atoms with van der Waals surface area (Å²) in [5.74, 6) is 0. The van der Waals surface area contributed by atoms with Crippen LogP contribution in [0.3, 0.4) is 0 Å². The molecule has 2 N–H and O–H groups in total. The van der Waals surface area contributed by atoms with Crippen LogP contribution < -0.4 is 0 Å². The first-order chi connectivity index (χ1) is 6.69. The molecular weight excluding hydrogens is 180 g/mol. The largest absolute Gasteiger partial charge is 0.411 e. The Morgan fingerprint density at radius 2 is 1.36 bits per heavy atom. The van der Waals surface area contributed by atoms with Crippen LogP contribution in [0.1, 0.15) is 22.3 Å². The van der Waals surface area contributed by atoms with E-state index in [1.165, 1.54) is 12.4 Å². The van der Waals surface area contributed by atoms with E-state index in [2.05, 4.69) is 10.3 Å². The fourth-order valence-corrected chi connectivity index (χ4v) is 1.29. The molecule has 1 aromatic rings. The van der Waals surface area contributed by atoms with Crippen molar-refractivity contribution in [2.24, 2.45) is 10.3 Å². The van der Waals surface area contributed by atoms with Crippen molar-refractivity contribution in [3.63, 3.8) is 0 Å². The lowest BCUT2D eigenvalue weighted by Crippen LogP contribution is -1.94. The molecule has 1 rings (SSSR count). The van der Waals surface area contributed by atoms with Crippen molar-refractivity contribution in [3.05, 3.63) is 34.4 Å². The average molecular weight is 192 g/mol. The van der Waals surface area contributed by atoms with Crippen LogP contribution in [0.15, 0.2) is 22.4 Å². The van der Waals surface area contributed by atoms with Crippen LogP contribution in [0, 0.1) is 13.8 Å². The predicted molar refractivity (Wildman–Crippen MR) is 54.7 cm³/mol. The first kappa shape index (κ1) is 10.2. The summed E-state index contributed by atoms with van der Waals surface area (Å²) in [4.78, 5) is 0. The zero-order valence-electron chi connectivity index (χ0n) is 8.10. The monoisotopic (exact) mass is 192 g/mol. The topological polar surface area (TPSA) is 65.2 Å². The van der Waals surface area contributed by atoms with Gasteiger partial charge in [0.25, 0.3) is 0 Å². The molecule has 0 aromatic heterocycles. The van der Waals surface area contributed by atoms with Gasteiger partial charge < -0.3 is 10.4 Å². The van der Waals surface area contributed by atoms with E-state index in [9.17, 15) is 0 Å². The summed E-state index contributed by atoms with van der Waals surface area (Å²) in [5, 5.41) is 22.8. The van der Waals surface area contributed by atoms with Crippen LogP contribution in [0.25, 0.3) is 0 Å². The number of hydrogen-bond acceptors (Lipinski definition) is 4. The Kier molecular flexibility index (Phi) is 3.23. The van der Waals surface area contributed by atoms with Gasteiger partial charge in [-0.1, -0.05) is 16.4 Å². The number of nitrogens with zero attached hydrogens (tertiary/aromatic N) is 2. The third-order valence-corrected chi connectivity index (χ3v) is 2.05. The van der Waals surface area contributed by atoms with E-state index in [1.54, 1.807) is 6.07 Å². The number of hydrogen-bond donors (Lipinski definition) is 2. The molecule has 0 bridgehead atoms. The minimum absolute atomic E-state index is 0.799. The molecule has 0 fully saturated rings. The normalized spacial score (nSPS) is 11.6. The third kappa shape index (κ3) is 2.10. The molecule has 1 aromatic carbocycles. The summed E-state index contributed by atoms with van der Waals surface area (Å²) in [6, 6.07) is 3.73. The molecule has 14 heavy (non-hydrogen) atoms. The Bertz CT molecular complexity index is 351. The first-order valence-corrected chi connectivity index (χ1v) is 4.15. The van der Waals surface area contributed by atoms with Gasteiger partial charge in [-0.3, -0.25) is 0 Å². The van der Waals surface area contributed by atoms with Gasteiger partial charge in [0.1, 0.15) is 0 Å². The molecule has 0 heterocycles. The molecule has 0 aliphatic carbocycles. The van der Waals surface area contributed by atoms with Gasteiger partial charge in [0.15, 0.2) is 0 Å². The number of rotatable bonds is 2. The maximum absolute atomic E-state index is 8.42. The maximum atomic E-state index is 8.42. The molecule has 0 atom stereocenters. The fourth-order valence-electron chi connectivity index (χ4n) is 1.29. The maximum Gasteiger partial charge on any atom is 0.0736 e. The molecule has 0 saturated carbocycles. The van der Waals surface area contributed by atoms with Gasteiger partial charge >= 0.3 is 0 Å². The van der Waals surface area contributed by atoms with Crippen LogP contribution in [0.2, 0.25) is 0 Å². The lowest BCUT2D eigenvalue weighted by molar-refractivity contribution is 0.321. The number of oxime groups is 2. The quantitative estimate of drug-likeness (QED) is 0.427. The molecule has 4 nitrogen and oxygen atoms in total. The fraction of sp³-hybridized carbons (Fsp3) is 0.200. The highest BCUT2D eigenvalue weighted by atomic mass is 16.4. The summed E-state index contributed by atoms with van der Waals surface area (Å²) in [5.41, 5.74) is 3.62. The van der Waals surface area contributed by atoms with Crippen molar-refractivity contribution in [2.45, 2.75) is 13.8 Å². The smallest absolute Gasteiger partial charge is 0.0736 e. The van der Waals surface area contributed by atoms with E-state index in [4.69, 9.17) is 10.4 Å². The van der Waals surface area contributed by atoms with E-state index in [-0.39, 0.29) is 0 Å². The molecule has 0 amide bonds. The molecule has 0 aliphatic rings. The highest BCUT2D eigenvalue weighted by Crippen LogP contribution is 2.13. The van der Waals surface area contributed by atoms with E-state index < -0.39 is 0 Å². The van der Waals surface area contributed by atoms with Gasteiger partial charge in [-0.25, -0.2) is 0 Å². The summed E-state index contributed by atoms with van der Waals surface area (Å²) in [6.45, 7) is 3.84. The van der Waals surface area contributed by atoms with Crippen molar-refractivity contribution < 1.29 is 10.4 Å². The van der Waals surface area contributed by atoms with Crippen molar-refractivity contribution in [1.82, 2.24) is 0 Å². The zero-order valence-corrected chi connectivity index (χ0v) is 8.10. The molecule has 0 aliphatic heterocycles. The molecule has 4 heteroatoms. The van der Waals surface area contributed by atoms with E-state index in [0.717, 1.165) is 22.3 Å². The standard InChI is InChI=1S/C10H12N2O2/c1-7-3-8(2)10(6-12-14)4-9(7)5-11-13/h3-6,13-14H,1-2H3/b11-5-,12-6-. The van der Waals surface area contributed by atoms with Gasteiger partial charge in [-0.05, 0) is 42.2 Å². The van der Waals surface area contributed by atoms with E-state index in [0.29, 0.717) is 0 Å². The number of benzene rings is 1. The SMILES string of the molecule is Cc1cc(C)c(/C=N\O)cc1/C=N\O. The van der Waals surface area contributed by atoms with E-state index in [1.807, 2.05) is 19.9 Å². The Morgan fingerprint density at radius 3 is 1.71 bits per heavy atom. The van der Waals surface area contributed by atoms with Crippen LogP contribution >= 0.6 is 0 Å². The number of aryl methyl sites for hydroxylation is 2. The predicted octanol–water partition coefficient (Wildman–Crippen LogP) is 1.92. The zero-order chi connectivity index (χ0) is 10.6. The summed E-state index contributed by atoms with van der Waals surface area (Å²) in [6.07, 6.45) is 2.70. The van der Waals surface area contributed by atoms with Crippen LogP contribution in [0.5, 0.6) is 0 Å². The third-order valence-electron chi connectivity index (χ3n) is 2.05. The molecule has 0 saturated heterocycles. The van der Waals surface area contributed by atoms with Crippen molar-refractivity contribution >= 4 is 12.4 Å². The molecular formula is C10H12N2O2. The summed E-state index contributed by atoms with van der Waals surface area (Å²) in [7, 11) is 0. The Hall–Kier alpha value is -1.84. The second kappa shape index (κ2) is 4.41. The Morgan fingerprint density at radius 1 is 0.929 bits per heavy atom. The molecule has 74 valence electrons. The van der Waals surface area contributed by atoms with Gasteiger partial charge in [-0.15, -0.1) is 0 Å². The van der Waals surface area contributed by atoms with Crippen molar-refractivity contribution in [3.8, 4) is 0 Å². The Labute approximate surface area is 82.2 Å². The lowest BCUT2D eigenvalue weighted by Gasteiger charge is -2.04. The van der Waals surface area contributed by atoms with Crippen LogP contribution in [-0.2, 0) is 0 Å². The summed E-state index contributed by atoms with van der Waals surface area (Å²) < 4.78 is 0. The van der Waals surface area contributed by atoms with Crippen molar-refractivity contribution in [1.29, 1.82) is 0 Å². The minimum atomic E-state index is 0.799. The molecule has 0 radical (unpaired) electrons. The minimum Gasteiger partial charge on any atom is -0.411 e. The van der Waals surface area contributed by atoms with Crippen LogP contribution in [0.4, 0.5) is 0 Å². The van der Waals surface area contributed by atoms with Gasteiger partial charge in [0, 0.05) is 0 Å². The van der Waals surface area contributed by atoms with E-state index >= 15 is 0 Å². The second-order valence-electron chi connectivity index (χ2n) is 3.05. The Balaban J connectivity index is 3.26. The van der Waals surface area contributed by atoms with Gasteiger partial charge in [-0.2, -0.15) is 0 Å². The summed E-state index contributed by atoms with van der Waals surface area (Å²) >= 11 is 0.